The van der Waals surface area contributed by atoms with E-state index in [9.17, 15) is 9.18 Å². The fourth-order valence-electron chi connectivity index (χ4n) is 4.26. The molecule has 0 saturated heterocycles. The minimum absolute atomic E-state index is 0.0744. The van der Waals surface area contributed by atoms with Crippen LogP contribution in [0.3, 0.4) is 0 Å². The van der Waals surface area contributed by atoms with Crippen LogP contribution in [0.5, 0.6) is 0 Å². The van der Waals surface area contributed by atoms with E-state index in [1.165, 1.54) is 18.6 Å². The van der Waals surface area contributed by atoms with Gasteiger partial charge in [-0.25, -0.2) is 4.39 Å². The molecule has 0 aromatic heterocycles. The molecule has 1 saturated carbocycles. The number of Topliss-reactive ketones (excluding diaryl/α,β-unsaturated/α-hetero) is 1. The molecule has 2 aliphatic rings. The first-order valence-electron chi connectivity index (χ1n) is 9.38. The zero-order valence-electron chi connectivity index (χ0n) is 15.3. The van der Waals surface area contributed by atoms with Gasteiger partial charge in [0.25, 0.3) is 0 Å². The molecule has 1 fully saturated rings. The van der Waals surface area contributed by atoms with Gasteiger partial charge in [0.05, 0.1) is 11.3 Å². The van der Waals surface area contributed by atoms with Crippen molar-refractivity contribution >= 4 is 23.1 Å². The molecule has 0 radical (unpaired) electrons. The topological polar surface area (TPSA) is 29.4 Å². The van der Waals surface area contributed by atoms with Crippen molar-refractivity contribution in [3.05, 3.63) is 81.6 Å². The summed E-state index contributed by atoms with van der Waals surface area (Å²) in [5, 5.41) is 0.589. The van der Waals surface area contributed by atoms with Gasteiger partial charge in [0, 0.05) is 21.7 Å². The van der Waals surface area contributed by atoms with Crippen molar-refractivity contribution in [1.82, 2.24) is 0 Å². The first kappa shape index (κ1) is 18.1. The minimum Gasteiger partial charge on any atom is -0.289 e. The number of rotatable bonds is 3. The van der Waals surface area contributed by atoms with E-state index < -0.39 is 0 Å². The van der Waals surface area contributed by atoms with Crippen molar-refractivity contribution in [3.8, 4) is 0 Å². The molecule has 0 amide bonds. The third-order valence-corrected chi connectivity index (χ3v) is 6.00. The summed E-state index contributed by atoms with van der Waals surface area (Å²) in [5.41, 5.74) is 3.16. The molecular formula is C23H21ClFNO. The fourth-order valence-corrected chi connectivity index (χ4v) is 4.38. The standard InChI is InChI=1S/C23H21ClFNO/c1-15-20(22(27)16-8-10-18(24)11-9-16)21(17-6-5-7-19(25)14-17)26-23(15)12-3-2-4-13-23/h5-11,14H,2-4,12-13H2,1H3. The molecule has 1 aliphatic heterocycles. The Balaban J connectivity index is 1.85. The van der Waals surface area contributed by atoms with Gasteiger partial charge < -0.3 is 0 Å². The number of nitrogens with zero attached hydrogens (tertiary/aromatic N) is 1. The van der Waals surface area contributed by atoms with Gasteiger partial charge in [0.15, 0.2) is 5.78 Å². The van der Waals surface area contributed by atoms with E-state index in [-0.39, 0.29) is 17.1 Å². The highest BCUT2D eigenvalue weighted by Crippen LogP contribution is 2.44. The lowest BCUT2D eigenvalue weighted by molar-refractivity contribution is 0.103. The molecular weight excluding hydrogens is 361 g/mol. The average Bonchev–Trinajstić information content (AvgIpc) is 2.95. The number of benzene rings is 2. The van der Waals surface area contributed by atoms with Gasteiger partial charge in [-0.3, -0.25) is 9.79 Å². The Morgan fingerprint density at radius 1 is 1.07 bits per heavy atom. The molecule has 2 aromatic carbocycles. The molecule has 1 heterocycles. The van der Waals surface area contributed by atoms with Gasteiger partial charge in [0.1, 0.15) is 5.82 Å². The normalized spacial score (nSPS) is 18.7. The highest BCUT2D eigenvalue weighted by molar-refractivity contribution is 6.35. The van der Waals surface area contributed by atoms with Gasteiger partial charge >= 0.3 is 0 Å². The zero-order valence-corrected chi connectivity index (χ0v) is 16.0. The van der Waals surface area contributed by atoms with E-state index in [0.717, 1.165) is 31.3 Å². The Morgan fingerprint density at radius 2 is 1.78 bits per heavy atom. The van der Waals surface area contributed by atoms with E-state index in [1.807, 2.05) is 13.0 Å². The van der Waals surface area contributed by atoms with Crippen LogP contribution in [0.1, 0.15) is 54.9 Å². The maximum absolute atomic E-state index is 13.9. The van der Waals surface area contributed by atoms with E-state index in [2.05, 4.69) is 0 Å². The summed E-state index contributed by atoms with van der Waals surface area (Å²) in [5.74, 6) is -0.398. The van der Waals surface area contributed by atoms with Crippen LogP contribution in [0.2, 0.25) is 5.02 Å². The van der Waals surface area contributed by atoms with Crippen LogP contribution in [-0.2, 0) is 0 Å². The molecule has 4 heteroatoms. The summed E-state index contributed by atoms with van der Waals surface area (Å²) < 4.78 is 13.9. The second kappa shape index (κ2) is 7.05. The van der Waals surface area contributed by atoms with Crippen LogP contribution in [0.15, 0.2) is 64.7 Å². The van der Waals surface area contributed by atoms with Crippen molar-refractivity contribution in [1.29, 1.82) is 0 Å². The van der Waals surface area contributed by atoms with Gasteiger partial charge in [0.2, 0.25) is 0 Å². The first-order chi connectivity index (χ1) is 13.0. The smallest absolute Gasteiger partial charge is 0.195 e. The van der Waals surface area contributed by atoms with E-state index in [1.54, 1.807) is 30.3 Å². The van der Waals surface area contributed by atoms with Gasteiger partial charge in [-0.2, -0.15) is 0 Å². The summed E-state index contributed by atoms with van der Waals surface area (Å²) in [4.78, 5) is 18.4. The Kier molecular flexibility index (Phi) is 4.73. The maximum atomic E-state index is 13.9. The number of hydrogen-bond donors (Lipinski definition) is 0. The van der Waals surface area contributed by atoms with Crippen molar-refractivity contribution in [2.24, 2.45) is 4.99 Å². The van der Waals surface area contributed by atoms with E-state index >= 15 is 0 Å². The molecule has 0 atom stereocenters. The molecule has 138 valence electrons. The number of halogens is 2. The Morgan fingerprint density at radius 3 is 2.44 bits per heavy atom. The second-order valence-corrected chi connectivity index (χ2v) is 7.84. The third kappa shape index (κ3) is 3.25. The number of carbonyl (C=O) groups is 1. The summed E-state index contributed by atoms with van der Waals surface area (Å²) in [6.45, 7) is 2.02. The molecule has 2 aromatic rings. The molecule has 0 unspecified atom stereocenters. The van der Waals surface area contributed by atoms with Crippen molar-refractivity contribution in [2.75, 3.05) is 0 Å². The van der Waals surface area contributed by atoms with Crippen LogP contribution < -0.4 is 0 Å². The lowest BCUT2D eigenvalue weighted by atomic mass is 9.76. The molecule has 2 nitrogen and oxygen atoms in total. The van der Waals surface area contributed by atoms with Gasteiger partial charge in [-0.05, 0) is 61.7 Å². The molecule has 1 aliphatic carbocycles. The first-order valence-corrected chi connectivity index (χ1v) is 9.76. The molecule has 27 heavy (non-hydrogen) atoms. The van der Waals surface area contributed by atoms with Crippen LogP contribution >= 0.6 is 11.6 Å². The number of allylic oxidation sites excluding steroid dienone is 1. The van der Waals surface area contributed by atoms with Crippen molar-refractivity contribution in [3.63, 3.8) is 0 Å². The highest BCUT2D eigenvalue weighted by atomic mass is 35.5. The van der Waals surface area contributed by atoms with Crippen molar-refractivity contribution < 1.29 is 9.18 Å². The quantitative estimate of drug-likeness (QED) is 0.583. The van der Waals surface area contributed by atoms with Crippen molar-refractivity contribution in [2.45, 2.75) is 44.6 Å². The molecule has 0 bridgehead atoms. The monoisotopic (exact) mass is 381 g/mol. The lowest BCUT2D eigenvalue weighted by Gasteiger charge is -2.32. The SMILES string of the molecule is CC1=C(C(=O)c2ccc(Cl)cc2)C(c2cccc(F)c2)=NC12CCCCC2. The fraction of sp³-hybridized carbons (Fsp3) is 0.304. The summed E-state index contributed by atoms with van der Waals surface area (Å²) in [6, 6.07) is 13.3. The predicted molar refractivity (Wildman–Crippen MR) is 107 cm³/mol. The summed E-state index contributed by atoms with van der Waals surface area (Å²) in [7, 11) is 0. The summed E-state index contributed by atoms with van der Waals surface area (Å²) in [6.07, 6.45) is 5.27. The molecule has 1 spiro atoms. The lowest BCUT2D eigenvalue weighted by Crippen LogP contribution is -2.29. The third-order valence-electron chi connectivity index (χ3n) is 5.75. The number of ketones is 1. The molecule has 0 N–H and O–H groups in total. The van der Waals surface area contributed by atoms with Gasteiger partial charge in [-0.15, -0.1) is 0 Å². The number of hydrogen-bond acceptors (Lipinski definition) is 2. The largest absolute Gasteiger partial charge is 0.289 e. The Labute approximate surface area is 163 Å². The number of aliphatic imine (C=N–C) groups is 1. The average molecular weight is 382 g/mol. The van der Waals surface area contributed by atoms with E-state index in [4.69, 9.17) is 16.6 Å². The summed E-state index contributed by atoms with van der Waals surface area (Å²) >= 11 is 5.97. The predicted octanol–water partition coefficient (Wildman–Crippen LogP) is 6.18. The maximum Gasteiger partial charge on any atom is 0.195 e. The Hall–Kier alpha value is -2.26. The minimum atomic E-state index is -0.323. The van der Waals surface area contributed by atoms with Crippen LogP contribution in [0.4, 0.5) is 4.39 Å². The van der Waals surface area contributed by atoms with E-state index in [0.29, 0.717) is 27.4 Å². The second-order valence-electron chi connectivity index (χ2n) is 7.40. The van der Waals surface area contributed by atoms with Crippen LogP contribution in [0, 0.1) is 5.82 Å². The molecule has 4 rings (SSSR count). The Bertz CT molecular complexity index is 953. The highest BCUT2D eigenvalue weighted by Gasteiger charge is 2.42. The van der Waals surface area contributed by atoms with Crippen LogP contribution in [0.25, 0.3) is 0 Å². The zero-order chi connectivity index (χ0) is 19.0. The van der Waals surface area contributed by atoms with Gasteiger partial charge in [-0.1, -0.05) is 43.0 Å². The number of carbonyl (C=O) groups excluding carboxylic acids is 1. The van der Waals surface area contributed by atoms with Crippen LogP contribution in [-0.4, -0.2) is 17.0 Å².